The molecule has 2 heterocycles. The summed E-state index contributed by atoms with van der Waals surface area (Å²) in [7, 11) is 0. The van der Waals surface area contributed by atoms with Crippen LogP contribution in [-0.4, -0.2) is 34.7 Å². The second-order valence-electron chi connectivity index (χ2n) is 3.63. The molecule has 1 aliphatic heterocycles. The number of rotatable bonds is 2. The summed E-state index contributed by atoms with van der Waals surface area (Å²) in [6.45, 7) is 3.22. The zero-order chi connectivity index (χ0) is 11.5. The van der Waals surface area contributed by atoms with Gasteiger partial charge in [-0.05, 0) is 6.92 Å². The third-order valence-corrected chi connectivity index (χ3v) is 2.56. The first-order valence-corrected chi connectivity index (χ1v) is 5.30. The molecule has 1 aliphatic rings. The van der Waals surface area contributed by atoms with Gasteiger partial charge in [-0.25, -0.2) is 0 Å². The molecule has 1 N–H and O–H groups in total. The first-order valence-electron chi connectivity index (χ1n) is 5.30. The molecule has 2 amide bonds. The predicted molar refractivity (Wildman–Crippen MR) is 57.9 cm³/mol. The van der Waals surface area contributed by atoms with Gasteiger partial charge in [-0.15, -0.1) is 0 Å². The lowest BCUT2D eigenvalue weighted by atomic mass is 10.3. The van der Waals surface area contributed by atoms with Gasteiger partial charge in [-0.1, -0.05) is 0 Å². The number of anilines is 1. The van der Waals surface area contributed by atoms with Gasteiger partial charge in [0.05, 0.1) is 18.4 Å². The third kappa shape index (κ3) is 2.05. The van der Waals surface area contributed by atoms with Crippen LogP contribution >= 0.6 is 0 Å². The Bertz CT molecular complexity index is 413. The van der Waals surface area contributed by atoms with Crippen LogP contribution in [-0.2, 0) is 16.1 Å². The molecular formula is C10H14N4O2. The van der Waals surface area contributed by atoms with Gasteiger partial charge in [-0.3, -0.25) is 14.3 Å². The molecule has 2 rings (SSSR count). The number of nitrogens with zero attached hydrogens (tertiary/aromatic N) is 3. The number of aromatic nitrogens is 2. The molecule has 1 aromatic heterocycles. The second-order valence-corrected chi connectivity index (χ2v) is 3.63. The normalized spacial score (nSPS) is 17.2. The maximum absolute atomic E-state index is 11.7. The van der Waals surface area contributed by atoms with E-state index in [-0.39, 0.29) is 18.4 Å². The summed E-state index contributed by atoms with van der Waals surface area (Å²) < 4.78 is 1.75. The van der Waals surface area contributed by atoms with Crippen molar-refractivity contribution < 1.29 is 9.59 Å². The Kier molecular flexibility index (Phi) is 2.89. The van der Waals surface area contributed by atoms with Gasteiger partial charge >= 0.3 is 0 Å². The highest BCUT2D eigenvalue weighted by molar-refractivity contribution is 5.98. The first-order chi connectivity index (χ1) is 7.70. The van der Waals surface area contributed by atoms with E-state index in [4.69, 9.17) is 0 Å². The number of amides is 2. The highest BCUT2D eigenvalue weighted by Gasteiger charge is 2.22. The molecule has 6 heteroatoms. The number of nitrogens with one attached hydrogen (secondary N) is 1. The zero-order valence-electron chi connectivity index (χ0n) is 9.14. The van der Waals surface area contributed by atoms with Crippen molar-refractivity contribution in [3.63, 3.8) is 0 Å². The van der Waals surface area contributed by atoms with Gasteiger partial charge in [-0.2, -0.15) is 5.10 Å². The number of hydrogen-bond donors (Lipinski definition) is 1. The van der Waals surface area contributed by atoms with Crippen LogP contribution in [0.15, 0.2) is 12.4 Å². The fraction of sp³-hybridized carbons (Fsp3) is 0.500. The quantitative estimate of drug-likeness (QED) is 0.750. The SMILES string of the molecule is CCn1cc(N2CCC(=O)NCC2=O)cn1. The Morgan fingerprint density at radius 3 is 3.00 bits per heavy atom. The van der Waals surface area contributed by atoms with Gasteiger partial charge in [0.25, 0.3) is 0 Å². The van der Waals surface area contributed by atoms with Crippen LogP contribution in [0.25, 0.3) is 0 Å². The van der Waals surface area contributed by atoms with Crippen LogP contribution in [0.5, 0.6) is 0 Å². The molecule has 0 bridgehead atoms. The fourth-order valence-electron chi connectivity index (χ4n) is 1.63. The van der Waals surface area contributed by atoms with Crippen molar-refractivity contribution in [2.75, 3.05) is 18.0 Å². The largest absolute Gasteiger partial charge is 0.347 e. The average molecular weight is 222 g/mol. The van der Waals surface area contributed by atoms with E-state index in [9.17, 15) is 9.59 Å². The van der Waals surface area contributed by atoms with Crippen LogP contribution in [0, 0.1) is 0 Å². The summed E-state index contributed by atoms with van der Waals surface area (Å²) in [5.74, 6) is -0.180. The van der Waals surface area contributed by atoms with Crippen molar-refractivity contribution in [1.82, 2.24) is 15.1 Å². The van der Waals surface area contributed by atoms with Crippen molar-refractivity contribution in [3.8, 4) is 0 Å². The maximum atomic E-state index is 11.7. The Hall–Kier alpha value is -1.85. The van der Waals surface area contributed by atoms with Gasteiger partial charge in [0, 0.05) is 25.7 Å². The topological polar surface area (TPSA) is 67.2 Å². The fourth-order valence-corrected chi connectivity index (χ4v) is 1.63. The van der Waals surface area contributed by atoms with Gasteiger partial charge < -0.3 is 10.2 Å². The Labute approximate surface area is 93.2 Å². The number of hydrogen-bond acceptors (Lipinski definition) is 3. The summed E-state index contributed by atoms with van der Waals surface area (Å²) in [6, 6.07) is 0. The van der Waals surface area contributed by atoms with E-state index < -0.39 is 0 Å². The molecule has 1 saturated heterocycles. The number of carbonyl (C=O) groups excluding carboxylic acids is 2. The molecule has 1 fully saturated rings. The smallest absolute Gasteiger partial charge is 0.246 e. The number of carbonyl (C=O) groups is 2. The number of aryl methyl sites for hydroxylation is 1. The molecule has 0 aromatic carbocycles. The minimum Gasteiger partial charge on any atom is -0.347 e. The van der Waals surface area contributed by atoms with Crippen molar-refractivity contribution in [2.24, 2.45) is 0 Å². The molecule has 0 atom stereocenters. The van der Waals surface area contributed by atoms with E-state index in [2.05, 4.69) is 10.4 Å². The minimum atomic E-state index is -0.0958. The first kappa shape index (κ1) is 10.7. The highest BCUT2D eigenvalue weighted by atomic mass is 16.2. The Morgan fingerprint density at radius 1 is 1.50 bits per heavy atom. The molecule has 0 aliphatic carbocycles. The van der Waals surface area contributed by atoms with Crippen LogP contribution in [0.2, 0.25) is 0 Å². The van der Waals surface area contributed by atoms with E-state index in [1.54, 1.807) is 15.8 Å². The monoisotopic (exact) mass is 222 g/mol. The van der Waals surface area contributed by atoms with Crippen molar-refractivity contribution in [3.05, 3.63) is 12.4 Å². The summed E-state index contributed by atoms with van der Waals surface area (Å²) in [5.41, 5.74) is 0.753. The lowest BCUT2D eigenvalue weighted by Crippen LogP contribution is -2.34. The predicted octanol–water partition coefficient (Wildman–Crippen LogP) is -0.244. The third-order valence-electron chi connectivity index (χ3n) is 2.56. The molecule has 6 nitrogen and oxygen atoms in total. The van der Waals surface area contributed by atoms with Crippen molar-refractivity contribution >= 4 is 17.5 Å². The molecule has 0 radical (unpaired) electrons. The summed E-state index contributed by atoms with van der Waals surface area (Å²) in [5, 5.41) is 6.67. The van der Waals surface area contributed by atoms with Crippen molar-refractivity contribution in [1.29, 1.82) is 0 Å². The molecule has 0 saturated carbocycles. The molecular weight excluding hydrogens is 208 g/mol. The molecule has 1 aromatic rings. The van der Waals surface area contributed by atoms with E-state index in [0.29, 0.717) is 13.0 Å². The highest BCUT2D eigenvalue weighted by Crippen LogP contribution is 2.14. The summed E-state index contributed by atoms with van der Waals surface area (Å²) in [4.78, 5) is 24.5. The maximum Gasteiger partial charge on any atom is 0.246 e. The van der Waals surface area contributed by atoms with Crippen LogP contribution in [0.1, 0.15) is 13.3 Å². The minimum absolute atomic E-state index is 0.0656. The van der Waals surface area contributed by atoms with Gasteiger partial charge in [0.1, 0.15) is 0 Å². The van der Waals surface area contributed by atoms with Crippen LogP contribution in [0.3, 0.4) is 0 Å². The van der Waals surface area contributed by atoms with E-state index in [1.165, 1.54) is 0 Å². The second kappa shape index (κ2) is 4.34. The Balaban J connectivity index is 2.18. The lowest BCUT2D eigenvalue weighted by Gasteiger charge is -2.16. The standard InChI is InChI=1S/C10H14N4O2/c1-2-13-7-8(5-12-13)14-4-3-9(15)11-6-10(14)16/h5,7H,2-4,6H2,1H3,(H,11,15). The van der Waals surface area contributed by atoms with Gasteiger partial charge in [0.2, 0.25) is 11.8 Å². The molecule has 86 valence electrons. The van der Waals surface area contributed by atoms with Crippen LogP contribution in [0.4, 0.5) is 5.69 Å². The molecule has 0 spiro atoms. The van der Waals surface area contributed by atoms with Gasteiger partial charge in [0.15, 0.2) is 0 Å². The van der Waals surface area contributed by atoms with Crippen molar-refractivity contribution in [2.45, 2.75) is 19.9 Å². The summed E-state index contributed by atoms with van der Waals surface area (Å²) >= 11 is 0. The van der Waals surface area contributed by atoms with Crippen LogP contribution < -0.4 is 10.2 Å². The zero-order valence-corrected chi connectivity index (χ0v) is 9.14. The van der Waals surface area contributed by atoms with E-state index >= 15 is 0 Å². The Morgan fingerprint density at radius 2 is 2.31 bits per heavy atom. The molecule has 16 heavy (non-hydrogen) atoms. The average Bonchev–Trinajstić information content (AvgIpc) is 2.68. The summed E-state index contributed by atoms with van der Waals surface area (Å²) in [6.07, 6.45) is 3.80. The van der Waals surface area contributed by atoms with E-state index in [0.717, 1.165) is 12.2 Å². The lowest BCUT2D eigenvalue weighted by molar-refractivity contribution is -0.123. The molecule has 0 unspecified atom stereocenters. The van der Waals surface area contributed by atoms with E-state index in [1.807, 2.05) is 13.1 Å².